The number of benzene rings is 2. The first kappa shape index (κ1) is 19.0. The highest BCUT2D eigenvalue weighted by Crippen LogP contribution is 2.39. The van der Waals surface area contributed by atoms with E-state index in [2.05, 4.69) is 12.2 Å². The summed E-state index contributed by atoms with van der Waals surface area (Å²) in [6.45, 7) is 2.13. The summed E-state index contributed by atoms with van der Waals surface area (Å²) in [6, 6.07) is 11.7. The number of hydrogen-bond acceptors (Lipinski definition) is 5. The lowest BCUT2D eigenvalue weighted by atomic mass is 9.96. The molecule has 0 amide bonds. The van der Waals surface area contributed by atoms with Gasteiger partial charge in [-0.05, 0) is 13.5 Å². The highest BCUT2D eigenvalue weighted by atomic mass is 16.3. The van der Waals surface area contributed by atoms with E-state index in [0.717, 1.165) is 31.2 Å². The predicted octanol–water partition coefficient (Wildman–Crippen LogP) is 4.71. The van der Waals surface area contributed by atoms with Crippen molar-refractivity contribution in [3.63, 3.8) is 0 Å². The molecule has 3 aromatic rings. The third-order valence-corrected chi connectivity index (χ3v) is 4.85. The van der Waals surface area contributed by atoms with Crippen LogP contribution in [0.5, 0.6) is 11.5 Å². The Balaban J connectivity index is 2.23. The molecule has 0 unspecified atom stereocenters. The number of fused-ring (bicyclic) bond motifs is 1. The standard InChI is InChI=1S/C22H25NO4/c1-3-4-6-11-15(23-2)20-16(24)12-17(25)21-18(26)13-19(27-22(20)21)14-9-7-5-8-10-14/h5,7-10,12-13,15,23-25H,3-4,6,11H2,1-2H3/t15-/m1/s1. The minimum Gasteiger partial charge on any atom is -0.507 e. The Kier molecular flexibility index (Phi) is 5.81. The number of unbranched alkanes of at least 4 members (excludes halogenated alkanes) is 2. The fourth-order valence-corrected chi connectivity index (χ4v) is 3.43. The molecule has 0 aliphatic carbocycles. The van der Waals surface area contributed by atoms with Gasteiger partial charge < -0.3 is 19.9 Å². The summed E-state index contributed by atoms with van der Waals surface area (Å²) in [5.41, 5.74) is 1.17. The van der Waals surface area contributed by atoms with Gasteiger partial charge in [-0.25, -0.2) is 0 Å². The maximum Gasteiger partial charge on any atom is 0.197 e. The minimum atomic E-state index is -0.336. The zero-order valence-corrected chi connectivity index (χ0v) is 15.7. The molecule has 27 heavy (non-hydrogen) atoms. The Morgan fingerprint density at radius 2 is 1.81 bits per heavy atom. The van der Waals surface area contributed by atoms with Crippen molar-refractivity contribution in [2.75, 3.05) is 7.05 Å². The number of rotatable bonds is 7. The molecule has 3 rings (SSSR count). The molecule has 5 nitrogen and oxygen atoms in total. The van der Waals surface area contributed by atoms with Crippen LogP contribution in [0.2, 0.25) is 0 Å². The predicted molar refractivity (Wildman–Crippen MR) is 107 cm³/mol. The van der Waals surface area contributed by atoms with Crippen molar-refractivity contribution >= 4 is 11.0 Å². The molecule has 1 heterocycles. The van der Waals surface area contributed by atoms with Gasteiger partial charge in [0.25, 0.3) is 0 Å². The highest BCUT2D eigenvalue weighted by molar-refractivity contribution is 5.89. The van der Waals surface area contributed by atoms with E-state index in [4.69, 9.17) is 4.42 Å². The molecule has 0 aliphatic heterocycles. The largest absolute Gasteiger partial charge is 0.507 e. The monoisotopic (exact) mass is 367 g/mol. The van der Waals surface area contributed by atoms with Crippen LogP contribution in [0.4, 0.5) is 0 Å². The zero-order chi connectivity index (χ0) is 19.4. The Bertz CT molecular complexity index is 979. The normalized spacial score (nSPS) is 12.4. The SMILES string of the molecule is CCCCC[C@@H](NC)c1c(O)cc(O)c2c(=O)cc(-c3ccccc3)oc12. The van der Waals surface area contributed by atoms with Crippen molar-refractivity contribution in [3.8, 4) is 22.8 Å². The van der Waals surface area contributed by atoms with Crippen LogP contribution in [0.15, 0.2) is 51.7 Å². The first-order chi connectivity index (χ1) is 13.1. The van der Waals surface area contributed by atoms with E-state index >= 15 is 0 Å². The number of aromatic hydroxyl groups is 2. The van der Waals surface area contributed by atoms with Gasteiger partial charge in [-0.2, -0.15) is 0 Å². The van der Waals surface area contributed by atoms with Gasteiger partial charge in [-0.15, -0.1) is 0 Å². The quantitative estimate of drug-likeness (QED) is 0.527. The van der Waals surface area contributed by atoms with Crippen LogP contribution >= 0.6 is 0 Å². The number of phenols is 2. The summed E-state index contributed by atoms with van der Waals surface area (Å²) >= 11 is 0. The summed E-state index contributed by atoms with van der Waals surface area (Å²) in [7, 11) is 1.81. The molecule has 2 aromatic carbocycles. The third-order valence-electron chi connectivity index (χ3n) is 4.85. The first-order valence-electron chi connectivity index (χ1n) is 9.32. The van der Waals surface area contributed by atoms with E-state index in [-0.39, 0.29) is 33.9 Å². The third kappa shape index (κ3) is 3.83. The Labute approximate surface area is 158 Å². The summed E-state index contributed by atoms with van der Waals surface area (Å²) < 4.78 is 6.05. The van der Waals surface area contributed by atoms with Crippen LogP contribution < -0.4 is 10.7 Å². The molecular weight excluding hydrogens is 342 g/mol. The summed E-state index contributed by atoms with van der Waals surface area (Å²) in [6.07, 6.45) is 3.93. The van der Waals surface area contributed by atoms with E-state index in [0.29, 0.717) is 11.3 Å². The number of nitrogens with one attached hydrogen (secondary N) is 1. The van der Waals surface area contributed by atoms with Crippen LogP contribution in [0, 0.1) is 0 Å². The highest BCUT2D eigenvalue weighted by Gasteiger charge is 2.23. The molecule has 5 heteroatoms. The van der Waals surface area contributed by atoms with Gasteiger partial charge in [0.15, 0.2) is 11.0 Å². The smallest absolute Gasteiger partial charge is 0.197 e. The molecule has 0 radical (unpaired) electrons. The van der Waals surface area contributed by atoms with Crippen LogP contribution in [-0.2, 0) is 0 Å². The number of hydrogen-bond donors (Lipinski definition) is 3. The molecule has 142 valence electrons. The Hall–Kier alpha value is -2.79. The van der Waals surface area contributed by atoms with Crippen molar-refractivity contribution in [1.29, 1.82) is 0 Å². The van der Waals surface area contributed by atoms with Gasteiger partial charge in [0, 0.05) is 23.7 Å². The lowest BCUT2D eigenvalue weighted by Crippen LogP contribution is -2.17. The van der Waals surface area contributed by atoms with Gasteiger partial charge in [0.2, 0.25) is 0 Å². The summed E-state index contributed by atoms with van der Waals surface area (Å²) in [4.78, 5) is 12.7. The van der Waals surface area contributed by atoms with Crippen molar-refractivity contribution in [2.24, 2.45) is 0 Å². The van der Waals surface area contributed by atoms with Gasteiger partial charge >= 0.3 is 0 Å². The Morgan fingerprint density at radius 3 is 2.48 bits per heavy atom. The van der Waals surface area contributed by atoms with Crippen LogP contribution in [0.25, 0.3) is 22.3 Å². The maximum absolute atomic E-state index is 12.7. The van der Waals surface area contributed by atoms with Gasteiger partial charge in [-0.3, -0.25) is 4.79 Å². The average Bonchev–Trinajstić information content (AvgIpc) is 2.66. The Morgan fingerprint density at radius 1 is 1.07 bits per heavy atom. The molecule has 1 atom stereocenters. The van der Waals surface area contributed by atoms with Crippen molar-refractivity contribution in [1.82, 2.24) is 5.32 Å². The fraction of sp³-hybridized carbons (Fsp3) is 0.318. The molecule has 0 spiro atoms. The summed E-state index contributed by atoms with van der Waals surface area (Å²) in [5.74, 6) is 0.0509. The minimum absolute atomic E-state index is 0.0794. The maximum atomic E-state index is 12.7. The molecule has 1 aromatic heterocycles. The molecule has 0 aliphatic rings. The van der Waals surface area contributed by atoms with Crippen LogP contribution in [0.3, 0.4) is 0 Å². The molecule has 0 bridgehead atoms. The van der Waals surface area contributed by atoms with Gasteiger partial charge in [0.1, 0.15) is 22.6 Å². The average molecular weight is 367 g/mol. The van der Waals surface area contributed by atoms with E-state index < -0.39 is 0 Å². The van der Waals surface area contributed by atoms with Gasteiger partial charge in [-0.1, -0.05) is 56.5 Å². The van der Waals surface area contributed by atoms with Crippen molar-refractivity contribution in [2.45, 2.75) is 38.6 Å². The molecule has 0 fully saturated rings. The molecule has 0 saturated heterocycles. The second-order valence-corrected chi connectivity index (χ2v) is 6.71. The fourth-order valence-electron chi connectivity index (χ4n) is 3.43. The summed E-state index contributed by atoms with van der Waals surface area (Å²) in [5, 5.41) is 24.1. The van der Waals surface area contributed by atoms with Crippen LogP contribution in [-0.4, -0.2) is 17.3 Å². The lowest BCUT2D eigenvalue weighted by Gasteiger charge is -2.20. The second-order valence-electron chi connectivity index (χ2n) is 6.71. The molecular formula is C22H25NO4. The topological polar surface area (TPSA) is 82.7 Å². The van der Waals surface area contributed by atoms with E-state index in [1.807, 2.05) is 37.4 Å². The van der Waals surface area contributed by atoms with E-state index in [9.17, 15) is 15.0 Å². The van der Waals surface area contributed by atoms with Crippen molar-refractivity contribution in [3.05, 3.63) is 58.3 Å². The van der Waals surface area contributed by atoms with Crippen LogP contribution in [0.1, 0.15) is 44.2 Å². The molecule has 3 N–H and O–H groups in total. The zero-order valence-electron chi connectivity index (χ0n) is 15.7. The van der Waals surface area contributed by atoms with E-state index in [1.54, 1.807) is 0 Å². The van der Waals surface area contributed by atoms with Crippen molar-refractivity contribution < 1.29 is 14.6 Å². The lowest BCUT2D eigenvalue weighted by molar-refractivity contribution is 0.427. The number of phenolic OH excluding ortho intramolecular Hbond substituents is 2. The van der Waals surface area contributed by atoms with Gasteiger partial charge in [0.05, 0.1) is 5.56 Å². The van der Waals surface area contributed by atoms with E-state index in [1.165, 1.54) is 12.1 Å². The molecule has 0 saturated carbocycles. The first-order valence-corrected chi connectivity index (χ1v) is 9.32. The second kappa shape index (κ2) is 8.27.